The summed E-state index contributed by atoms with van der Waals surface area (Å²) in [5.41, 5.74) is 4.18. The van der Waals surface area contributed by atoms with E-state index in [1.165, 1.54) is 5.56 Å². The molecule has 4 rings (SSSR count). The summed E-state index contributed by atoms with van der Waals surface area (Å²) in [5.74, 6) is 1.66. The third kappa shape index (κ3) is 3.03. The van der Waals surface area contributed by atoms with E-state index in [0.29, 0.717) is 0 Å². The first kappa shape index (κ1) is 16.6. The average molecular weight is 349 g/mol. The molecule has 1 atom stereocenters. The third-order valence-corrected chi connectivity index (χ3v) is 4.92. The van der Waals surface area contributed by atoms with Gasteiger partial charge in [-0.15, -0.1) is 0 Å². The molecule has 0 bridgehead atoms. The molecule has 0 N–H and O–H groups in total. The molecule has 26 heavy (non-hydrogen) atoms. The lowest BCUT2D eigenvalue weighted by atomic mass is 10.0. The van der Waals surface area contributed by atoms with E-state index in [1.807, 2.05) is 49.2 Å². The fraction of sp³-hybridized carbons (Fsp3) is 0.350. The van der Waals surface area contributed by atoms with Crippen LogP contribution in [0.1, 0.15) is 30.1 Å². The van der Waals surface area contributed by atoms with Crippen LogP contribution in [0.25, 0.3) is 11.3 Å². The van der Waals surface area contributed by atoms with E-state index < -0.39 is 0 Å². The van der Waals surface area contributed by atoms with Crippen LogP contribution >= 0.6 is 0 Å². The molecule has 6 heteroatoms. The zero-order valence-electron chi connectivity index (χ0n) is 15.4. The van der Waals surface area contributed by atoms with E-state index in [2.05, 4.69) is 27.1 Å². The Morgan fingerprint density at radius 3 is 2.88 bits per heavy atom. The first-order valence-electron chi connectivity index (χ1n) is 8.90. The van der Waals surface area contributed by atoms with Crippen LogP contribution in [0, 0.1) is 6.92 Å². The first-order valence-corrected chi connectivity index (χ1v) is 8.90. The molecule has 3 heterocycles. The second-order valence-electron chi connectivity index (χ2n) is 6.67. The molecule has 1 aromatic carbocycles. The van der Waals surface area contributed by atoms with Gasteiger partial charge in [0.25, 0.3) is 0 Å². The fourth-order valence-electron chi connectivity index (χ4n) is 3.69. The van der Waals surface area contributed by atoms with Gasteiger partial charge < -0.3 is 9.64 Å². The van der Waals surface area contributed by atoms with Gasteiger partial charge in [-0.2, -0.15) is 5.10 Å². The first-order chi connectivity index (χ1) is 12.7. The number of hydrogen-bond donors (Lipinski definition) is 0. The minimum Gasteiger partial charge on any atom is -0.497 e. The summed E-state index contributed by atoms with van der Waals surface area (Å²) in [6.07, 6.45) is 6.06. The molecule has 6 nitrogen and oxygen atoms in total. The normalized spacial score (nSPS) is 16.9. The highest BCUT2D eigenvalue weighted by atomic mass is 16.5. The second kappa shape index (κ2) is 6.78. The Morgan fingerprint density at radius 2 is 2.12 bits per heavy atom. The molecule has 1 aliphatic rings. The highest BCUT2D eigenvalue weighted by Gasteiger charge is 2.28. The molecule has 3 aromatic rings. The van der Waals surface area contributed by atoms with Crippen LogP contribution in [-0.4, -0.2) is 33.4 Å². The van der Waals surface area contributed by atoms with Crippen LogP contribution in [0.4, 0.5) is 5.95 Å². The SMILES string of the molecule is COc1cccc(C2CCCN2c2nccc(-c3cn(C)nc3C)n2)c1. The van der Waals surface area contributed by atoms with E-state index in [0.717, 1.165) is 48.0 Å². The lowest BCUT2D eigenvalue weighted by molar-refractivity contribution is 0.414. The number of methoxy groups -OCH3 is 1. The van der Waals surface area contributed by atoms with Crippen LogP contribution in [-0.2, 0) is 7.05 Å². The van der Waals surface area contributed by atoms with Crippen molar-refractivity contribution in [1.82, 2.24) is 19.7 Å². The molecular formula is C20H23N5O. The van der Waals surface area contributed by atoms with E-state index in [9.17, 15) is 0 Å². The molecule has 1 saturated heterocycles. The van der Waals surface area contributed by atoms with Gasteiger partial charge >= 0.3 is 0 Å². The van der Waals surface area contributed by atoms with Gasteiger partial charge in [0.2, 0.25) is 5.95 Å². The Bertz CT molecular complexity index is 920. The van der Waals surface area contributed by atoms with Crippen molar-refractivity contribution in [3.63, 3.8) is 0 Å². The largest absolute Gasteiger partial charge is 0.497 e. The number of anilines is 1. The molecule has 0 aliphatic carbocycles. The quantitative estimate of drug-likeness (QED) is 0.721. The summed E-state index contributed by atoms with van der Waals surface area (Å²) in [5, 5.41) is 4.43. The maximum Gasteiger partial charge on any atom is 0.226 e. The summed E-state index contributed by atoms with van der Waals surface area (Å²) in [6.45, 7) is 2.96. The zero-order valence-corrected chi connectivity index (χ0v) is 15.4. The van der Waals surface area contributed by atoms with Crippen molar-refractivity contribution in [2.45, 2.75) is 25.8 Å². The van der Waals surface area contributed by atoms with Gasteiger partial charge in [-0.3, -0.25) is 4.68 Å². The zero-order chi connectivity index (χ0) is 18.1. The van der Waals surface area contributed by atoms with Crippen LogP contribution in [0.3, 0.4) is 0 Å². The minimum absolute atomic E-state index is 0.273. The standard InChI is InChI=1S/C20H23N5O/c1-14-17(13-24(2)23-14)18-9-10-21-20(22-18)25-11-5-8-19(25)15-6-4-7-16(12-15)26-3/h4,6-7,9-10,12-13,19H,5,8,11H2,1-3H3. The van der Waals surface area contributed by atoms with Crippen LogP contribution in [0.2, 0.25) is 0 Å². The van der Waals surface area contributed by atoms with Gasteiger partial charge in [0.05, 0.1) is 24.5 Å². The molecule has 1 unspecified atom stereocenters. The summed E-state index contributed by atoms with van der Waals surface area (Å²) >= 11 is 0. The van der Waals surface area contributed by atoms with Crippen molar-refractivity contribution in [1.29, 1.82) is 0 Å². The van der Waals surface area contributed by atoms with Gasteiger partial charge in [-0.25, -0.2) is 9.97 Å². The molecule has 0 saturated carbocycles. The smallest absolute Gasteiger partial charge is 0.226 e. The van der Waals surface area contributed by atoms with Gasteiger partial charge in [-0.1, -0.05) is 12.1 Å². The molecule has 2 aromatic heterocycles. The average Bonchev–Trinajstić information content (AvgIpc) is 3.28. The summed E-state index contributed by atoms with van der Waals surface area (Å²) in [6, 6.07) is 10.5. The Hall–Kier alpha value is -2.89. The van der Waals surface area contributed by atoms with Crippen molar-refractivity contribution in [3.05, 3.63) is 54.0 Å². The Kier molecular flexibility index (Phi) is 4.32. The van der Waals surface area contributed by atoms with Crippen molar-refractivity contribution in [3.8, 4) is 17.0 Å². The van der Waals surface area contributed by atoms with E-state index >= 15 is 0 Å². The van der Waals surface area contributed by atoms with Crippen molar-refractivity contribution < 1.29 is 4.74 Å². The minimum atomic E-state index is 0.273. The summed E-state index contributed by atoms with van der Waals surface area (Å²) < 4.78 is 7.21. The third-order valence-electron chi connectivity index (χ3n) is 4.92. The summed E-state index contributed by atoms with van der Waals surface area (Å²) in [7, 11) is 3.63. The molecule has 0 radical (unpaired) electrons. The maximum absolute atomic E-state index is 5.39. The van der Waals surface area contributed by atoms with E-state index in [4.69, 9.17) is 9.72 Å². The Labute approximate surface area is 153 Å². The molecule has 0 spiro atoms. The molecule has 1 aliphatic heterocycles. The number of rotatable bonds is 4. The highest BCUT2D eigenvalue weighted by Crippen LogP contribution is 2.36. The number of aryl methyl sites for hydroxylation is 2. The van der Waals surface area contributed by atoms with Crippen LogP contribution < -0.4 is 9.64 Å². The lowest BCUT2D eigenvalue weighted by Gasteiger charge is -2.25. The van der Waals surface area contributed by atoms with Crippen LogP contribution in [0.5, 0.6) is 5.75 Å². The lowest BCUT2D eigenvalue weighted by Crippen LogP contribution is -2.24. The Morgan fingerprint density at radius 1 is 1.23 bits per heavy atom. The topological polar surface area (TPSA) is 56.1 Å². The number of hydrogen-bond acceptors (Lipinski definition) is 5. The van der Waals surface area contributed by atoms with Gasteiger partial charge in [0.1, 0.15) is 5.75 Å². The monoisotopic (exact) mass is 349 g/mol. The predicted octanol–water partition coefficient (Wildman–Crippen LogP) is 3.54. The Balaban J connectivity index is 1.68. The predicted molar refractivity (Wildman–Crippen MR) is 101 cm³/mol. The van der Waals surface area contributed by atoms with Crippen molar-refractivity contribution >= 4 is 5.95 Å². The number of ether oxygens (including phenoxy) is 1. The number of benzene rings is 1. The fourth-order valence-corrected chi connectivity index (χ4v) is 3.69. The molecule has 1 fully saturated rings. The molecule has 0 amide bonds. The second-order valence-corrected chi connectivity index (χ2v) is 6.67. The number of nitrogens with zero attached hydrogens (tertiary/aromatic N) is 5. The maximum atomic E-state index is 5.39. The summed E-state index contributed by atoms with van der Waals surface area (Å²) in [4.78, 5) is 11.7. The van der Waals surface area contributed by atoms with Gasteiger partial charge in [0, 0.05) is 31.5 Å². The highest BCUT2D eigenvalue weighted by molar-refractivity contribution is 5.62. The number of aromatic nitrogens is 4. The van der Waals surface area contributed by atoms with Crippen LogP contribution in [0.15, 0.2) is 42.7 Å². The van der Waals surface area contributed by atoms with Crippen molar-refractivity contribution in [2.75, 3.05) is 18.6 Å². The van der Waals surface area contributed by atoms with E-state index in [1.54, 1.807) is 7.11 Å². The van der Waals surface area contributed by atoms with Crippen molar-refractivity contribution in [2.24, 2.45) is 7.05 Å². The van der Waals surface area contributed by atoms with E-state index in [-0.39, 0.29) is 6.04 Å². The molecule has 134 valence electrons. The van der Waals surface area contributed by atoms with Gasteiger partial charge in [0.15, 0.2) is 0 Å². The van der Waals surface area contributed by atoms with Gasteiger partial charge in [-0.05, 0) is 43.5 Å². The molecular weight excluding hydrogens is 326 g/mol.